The van der Waals surface area contributed by atoms with Gasteiger partial charge < -0.3 is 5.73 Å². The third-order valence-corrected chi connectivity index (χ3v) is 2.87. The van der Waals surface area contributed by atoms with Gasteiger partial charge in [-0.15, -0.1) is 0 Å². The topological polar surface area (TPSA) is 43.1 Å². The molecular weight excluding hydrogens is 186 g/mol. The van der Waals surface area contributed by atoms with E-state index in [9.17, 15) is 4.79 Å². The molecule has 0 aliphatic rings. The van der Waals surface area contributed by atoms with E-state index in [0.29, 0.717) is 5.92 Å². The molecule has 0 aliphatic heterocycles. The fourth-order valence-electron chi connectivity index (χ4n) is 1.74. The van der Waals surface area contributed by atoms with Gasteiger partial charge >= 0.3 is 0 Å². The Morgan fingerprint density at radius 2 is 1.93 bits per heavy atom. The molecule has 0 aliphatic carbocycles. The molecule has 1 atom stereocenters. The quantitative estimate of drug-likeness (QED) is 0.805. The van der Waals surface area contributed by atoms with Crippen LogP contribution in [0.25, 0.3) is 0 Å². The molecule has 0 fully saturated rings. The first-order valence-corrected chi connectivity index (χ1v) is 5.36. The van der Waals surface area contributed by atoms with E-state index in [0.717, 1.165) is 6.42 Å². The molecule has 0 saturated carbocycles. The predicted octanol–water partition coefficient (Wildman–Crippen LogP) is 2.30. The van der Waals surface area contributed by atoms with Crippen molar-refractivity contribution in [1.82, 2.24) is 0 Å². The maximum absolute atomic E-state index is 11.3. The number of hydrogen-bond donors (Lipinski definition) is 1. The SMILES string of the molecule is Cc1ccccc1CC(C(N)=O)C(C)C. The molecule has 1 rings (SSSR count). The average molecular weight is 205 g/mol. The Kier molecular flexibility index (Phi) is 3.89. The molecule has 2 heteroatoms. The van der Waals surface area contributed by atoms with Crippen LogP contribution in [0.2, 0.25) is 0 Å². The molecule has 0 aromatic heterocycles. The zero-order valence-corrected chi connectivity index (χ0v) is 9.66. The van der Waals surface area contributed by atoms with Gasteiger partial charge in [-0.25, -0.2) is 0 Å². The molecule has 15 heavy (non-hydrogen) atoms. The fourth-order valence-corrected chi connectivity index (χ4v) is 1.74. The number of primary amides is 1. The van der Waals surface area contributed by atoms with Crippen molar-refractivity contribution >= 4 is 5.91 Å². The van der Waals surface area contributed by atoms with E-state index in [4.69, 9.17) is 5.73 Å². The summed E-state index contributed by atoms with van der Waals surface area (Å²) >= 11 is 0. The number of carbonyl (C=O) groups is 1. The van der Waals surface area contributed by atoms with Crippen molar-refractivity contribution in [1.29, 1.82) is 0 Å². The molecule has 2 N–H and O–H groups in total. The second-order valence-corrected chi connectivity index (χ2v) is 4.38. The number of rotatable bonds is 4. The summed E-state index contributed by atoms with van der Waals surface area (Å²) in [4.78, 5) is 11.3. The van der Waals surface area contributed by atoms with Crippen molar-refractivity contribution in [2.45, 2.75) is 27.2 Å². The first-order valence-electron chi connectivity index (χ1n) is 5.36. The first-order chi connectivity index (χ1) is 7.02. The Labute approximate surface area is 91.5 Å². The number of benzene rings is 1. The van der Waals surface area contributed by atoms with E-state index in [2.05, 4.69) is 19.1 Å². The highest BCUT2D eigenvalue weighted by molar-refractivity contribution is 5.77. The lowest BCUT2D eigenvalue weighted by molar-refractivity contribution is -0.123. The summed E-state index contributed by atoms with van der Waals surface area (Å²) in [6.45, 7) is 6.13. The van der Waals surface area contributed by atoms with Crippen LogP contribution in [0.4, 0.5) is 0 Å². The highest BCUT2D eigenvalue weighted by atomic mass is 16.1. The molecule has 0 bridgehead atoms. The molecule has 0 saturated heterocycles. The van der Waals surface area contributed by atoms with Crippen LogP contribution in [0.5, 0.6) is 0 Å². The van der Waals surface area contributed by atoms with E-state index in [1.807, 2.05) is 26.0 Å². The van der Waals surface area contributed by atoms with Crippen LogP contribution < -0.4 is 5.73 Å². The van der Waals surface area contributed by atoms with E-state index < -0.39 is 0 Å². The summed E-state index contributed by atoms with van der Waals surface area (Å²) < 4.78 is 0. The van der Waals surface area contributed by atoms with Gasteiger partial charge in [0.25, 0.3) is 0 Å². The van der Waals surface area contributed by atoms with Gasteiger partial charge in [0, 0.05) is 5.92 Å². The van der Waals surface area contributed by atoms with Crippen LogP contribution in [0.15, 0.2) is 24.3 Å². The van der Waals surface area contributed by atoms with E-state index in [1.54, 1.807) is 0 Å². The number of amides is 1. The Morgan fingerprint density at radius 1 is 1.33 bits per heavy atom. The van der Waals surface area contributed by atoms with Crippen LogP contribution in [0.1, 0.15) is 25.0 Å². The molecule has 0 radical (unpaired) electrons. The molecule has 1 unspecified atom stereocenters. The third-order valence-electron chi connectivity index (χ3n) is 2.87. The summed E-state index contributed by atoms with van der Waals surface area (Å²) in [5.41, 5.74) is 7.84. The molecular formula is C13H19NO. The molecule has 0 heterocycles. The lowest BCUT2D eigenvalue weighted by atomic mass is 9.87. The zero-order valence-electron chi connectivity index (χ0n) is 9.66. The van der Waals surface area contributed by atoms with Gasteiger partial charge in [-0.1, -0.05) is 38.1 Å². The highest BCUT2D eigenvalue weighted by Crippen LogP contribution is 2.19. The summed E-state index contributed by atoms with van der Waals surface area (Å²) in [5, 5.41) is 0. The summed E-state index contributed by atoms with van der Waals surface area (Å²) in [6, 6.07) is 8.13. The Morgan fingerprint density at radius 3 is 2.40 bits per heavy atom. The maximum Gasteiger partial charge on any atom is 0.221 e. The molecule has 1 aromatic rings. The zero-order chi connectivity index (χ0) is 11.4. The van der Waals surface area contributed by atoms with Crippen LogP contribution in [-0.4, -0.2) is 5.91 Å². The van der Waals surface area contributed by atoms with Gasteiger partial charge in [-0.3, -0.25) is 4.79 Å². The fraction of sp³-hybridized carbons (Fsp3) is 0.462. The minimum absolute atomic E-state index is 0.0638. The van der Waals surface area contributed by atoms with Gasteiger partial charge in [0.2, 0.25) is 5.91 Å². The molecule has 0 spiro atoms. The Balaban J connectivity index is 2.84. The van der Waals surface area contributed by atoms with Crippen molar-refractivity contribution in [3.8, 4) is 0 Å². The minimum atomic E-state index is -0.201. The van der Waals surface area contributed by atoms with Crippen LogP contribution in [0.3, 0.4) is 0 Å². The van der Waals surface area contributed by atoms with Crippen LogP contribution in [0, 0.1) is 18.8 Å². The van der Waals surface area contributed by atoms with Crippen molar-refractivity contribution in [3.05, 3.63) is 35.4 Å². The van der Waals surface area contributed by atoms with Gasteiger partial charge in [-0.05, 0) is 30.4 Å². The Hall–Kier alpha value is -1.31. The van der Waals surface area contributed by atoms with Crippen molar-refractivity contribution in [2.75, 3.05) is 0 Å². The second kappa shape index (κ2) is 4.96. The number of aryl methyl sites for hydroxylation is 1. The van der Waals surface area contributed by atoms with Crippen molar-refractivity contribution in [2.24, 2.45) is 17.6 Å². The lowest BCUT2D eigenvalue weighted by Crippen LogP contribution is -2.29. The van der Waals surface area contributed by atoms with E-state index in [-0.39, 0.29) is 11.8 Å². The van der Waals surface area contributed by atoms with Crippen molar-refractivity contribution < 1.29 is 4.79 Å². The summed E-state index contributed by atoms with van der Waals surface area (Å²) in [5.74, 6) is 0.0291. The minimum Gasteiger partial charge on any atom is -0.369 e. The van der Waals surface area contributed by atoms with Gasteiger partial charge in [0.15, 0.2) is 0 Å². The summed E-state index contributed by atoms with van der Waals surface area (Å²) in [7, 11) is 0. The predicted molar refractivity (Wildman–Crippen MR) is 62.4 cm³/mol. The maximum atomic E-state index is 11.3. The van der Waals surface area contributed by atoms with Gasteiger partial charge in [-0.2, -0.15) is 0 Å². The molecule has 82 valence electrons. The van der Waals surface area contributed by atoms with Gasteiger partial charge in [0.05, 0.1) is 0 Å². The molecule has 1 aromatic carbocycles. The van der Waals surface area contributed by atoms with Crippen molar-refractivity contribution in [3.63, 3.8) is 0 Å². The normalized spacial score (nSPS) is 12.8. The largest absolute Gasteiger partial charge is 0.369 e. The van der Waals surface area contributed by atoms with E-state index >= 15 is 0 Å². The summed E-state index contributed by atoms with van der Waals surface area (Å²) in [6.07, 6.45) is 0.750. The standard InChI is InChI=1S/C13H19NO/c1-9(2)12(13(14)15)8-11-7-5-4-6-10(11)3/h4-7,9,12H,8H2,1-3H3,(H2,14,15). The lowest BCUT2D eigenvalue weighted by Gasteiger charge is -2.18. The van der Waals surface area contributed by atoms with Crippen LogP contribution >= 0.6 is 0 Å². The van der Waals surface area contributed by atoms with Crippen LogP contribution in [-0.2, 0) is 11.2 Å². The second-order valence-electron chi connectivity index (χ2n) is 4.38. The van der Waals surface area contributed by atoms with E-state index in [1.165, 1.54) is 11.1 Å². The van der Waals surface area contributed by atoms with Gasteiger partial charge in [0.1, 0.15) is 0 Å². The average Bonchev–Trinajstić information content (AvgIpc) is 2.15. The number of hydrogen-bond acceptors (Lipinski definition) is 1. The molecule has 1 amide bonds. The monoisotopic (exact) mass is 205 g/mol. The smallest absolute Gasteiger partial charge is 0.221 e. The number of carbonyl (C=O) groups excluding carboxylic acids is 1. The highest BCUT2D eigenvalue weighted by Gasteiger charge is 2.20. The third kappa shape index (κ3) is 3.08. The number of nitrogens with two attached hydrogens (primary N) is 1. The first kappa shape index (κ1) is 11.8. The Bertz CT molecular complexity index is 344. The molecule has 2 nitrogen and oxygen atoms in total.